The lowest BCUT2D eigenvalue weighted by atomic mass is 9.96. The van der Waals surface area contributed by atoms with Crippen molar-refractivity contribution < 1.29 is 13.6 Å². The van der Waals surface area contributed by atoms with Crippen LogP contribution in [0.1, 0.15) is 63.2 Å². The summed E-state index contributed by atoms with van der Waals surface area (Å²) in [5, 5.41) is 5.88. The molecular weight excluding hydrogens is 312 g/mol. The average Bonchev–Trinajstić information content (AvgIpc) is 2.49. The largest absolute Gasteiger partial charge is 0.351 e. The van der Waals surface area contributed by atoms with Crippen LogP contribution in [0.15, 0.2) is 23.2 Å². The fourth-order valence-corrected chi connectivity index (χ4v) is 2.66. The van der Waals surface area contributed by atoms with Gasteiger partial charge in [-0.25, -0.2) is 13.8 Å². The number of nitrogens with one attached hydrogen (secondary N) is 2. The lowest BCUT2D eigenvalue weighted by Gasteiger charge is -2.26. The molecule has 0 unspecified atom stereocenters. The zero-order valence-corrected chi connectivity index (χ0v) is 14.5. The molecule has 1 amide bonds. The molecule has 1 aromatic carbocycles. The summed E-state index contributed by atoms with van der Waals surface area (Å²) in [4.78, 5) is 17.0. The van der Waals surface area contributed by atoms with E-state index in [2.05, 4.69) is 15.6 Å². The maximum Gasteiger partial charge on any atom is 0.258 e. The van der Waals surface area contributed by atoms with Gasteiger partial charge in [0, 0.05) is 11.1 Å². The molecule has 1 fully saturated rings. The Bertz CT molecular complexity index is 617. The van der Waals surface area contributed by atoms with Crippen LogP contribution in [0.5, 0.6) is 0 Å². The van der Waals surface area contributed by atoms with Crippen molar-refractivity contribution in [1.82, 2.24) is 10.6 Å². The Morgan fingerprint density at radius 1 is 1.12 bits per heavy atom. The van der Waals surface area contributed by atoms with Gasteiger partial charge < -0.3 is 5.32 Å². The van der Waals surface area contributed by atoms with Gasteiger partial charge in [0.05, 0.1) is 6.04 Å². The van der Waals surface area contributed by atoms with E-state index in [0.29, 0.717) is 5.96 Å². The van der Waals surface area contributed by atoms with Crippen LogP contribution in [0.3, 0.4) is 0 Å². The number of halogens is 2. The molecule has 4 nitrogen and oxygen atoms in total. The molecule has 0 radical (unpaired) electrons. The average molecular weight is 337 g/mol. The van der Waals surface area contributed by atoms with E-state index >= 15 is 0 Å². The van der Waals surface area contributed by atoms with E-state index in [-0.39, 0.29) is 17.1 Å². The van der Waals surface area contributed by atoms with Crippen molar-refractivity contribution in [3.05, 3.63) is 35.4 Å². The summed E-state index contributed by atoms with van der Waals surface area (Å²) in [7, 11) is 0. The van der Waals surface area contributed by atoms with E-state index in [1.54, 1.807) is 0 Å². The predicted molar refractivity (Wildman–Crippen MR) is 91.0 cm³/mol. The van der Waals surface area contributed by atoms with Gasteiger partial charge in [0.2, 0.25) is 0 Å². The minimum Gasteiger partial charge on any atom is -0.351 e. The third-order valence-electron chi connectivity index (χ3n) is 3.79. The van der Waals surface area contributed by atoms with E-state index < -0.39 is 17.5 Å². The van der Waals surface area contributed by atoms with Crippen LogP contribution < -0.4 is 10.6 Å². The molecule has 1 aliphatic rings. The van der Waals surface area contributed by atoms with Gasteiger partial charge in [-0.1, -0.05) is 19.3 Å². The Balaban J connectivity index is 2.15. The number of nitrogens with zero attached hydrogens (tertiary/aromatic N) is 1. The SMILES string of the molecule is CC(C)(C)NC(=NC1CCCCC1)NC(=O)c1ccc(F)c(F)c1. The van der Waals surface area contributed by atoms with Crippen molar-refractivity contribution in [1.29, 1.82) is 0 Å². The number of hydrogen-bond donors (Lipinski definition) is 2. The van der Waals surface area contributed by atoms with E-state index in [0.717, 1.165) is 37.8 Å². The van der Waals surface area contributed by atoms with E-state index in [1.807, 2.05) is 20.8 Å². The van der Waals surface area contributed by atoms with Crippen molar-refractivity contribution in [3.8, 4) is 0 Å². The monoisotopic (exact) mass is 337 g/mol. The minimum absolute atomic E-state index is 0.0564. The second-order valence-electron chi connectivity index (χ2n) is 7.23. The first-order valence-electron chi connectivity index (χ1n) is 8.37. The Morgan fingerprint density at radius 2 is 1.79 bits per heavy atom. The molecule has 0 saturated heterocycles. The third-order valence-corrected chi connectivity index (χ3v) is 3.79. The highest BCUT2D eigenvalue weighted by molar-refractivity contribution is 6.05. The number of carbonyl (C=O) groups excluding carboxylic acids is 1. The molecule has 1 aliphatic carbocycles. The zero-order valence-electron chi connectivity index (χ0n) is 14.5. The van der Waals surface area contributed by atoms with Gasteiger partial charge in [0.25, 0.3) is 5.91 Å². The molecular formula is C18H25F2N3O. The molecule has 132 valence electrons. The highest BCUT2D eigenvalue weighted by Crippen LogP contribution is 2.20. The van der Waals surface area contributed by atoms with Crippen LogP contribution in [0.2, 0.25) is 0 Å². The molecule has 0 heterocycles. The molecule has 0 bridgehead atoms. The molecule has 6 heteroatoms. The van der Waals surface area contributed by atoms with Crippen molar-refractivity contribution in [2.45, 2.75) is 64.5 Å². The summed E-state index contributed by atoms with van der Waals surface area (Å²) in [6.07, 6.45) is 5.48. The minimum atomic E-state index is -1.04. The van der Waals surface area contributed by atoms with Gasteiger partial charge in [0.1, 0.15) is 0 Å². The summed E-state index contributed by atoms with van der Waals surface area (Å²) >= 11 is 0. The number of hydrogen-bond acceptors (Lipinski definition) is 2. The highest BCUT2D eigenvalue weighted by Gasteiger charge is 2.19. The molecule has 2 rings (SSSR count). The van der Waals surface area contributed by atoms with Gasteiger partial charge in [-0.3, -0.25) is 10.1 Å². The summed E-state index contributed by atoms with van der Waals surface area (Å²) in [5.74, 6) is -2.16. The van der Waals surface area contributed by atoms with Gasteiger partial charge in [-0.15, -0.1) is 0 Å². The molecule has 24 heavy (non-hydrogen) atoms. The molecule has 2 N–H and O–H groups in total. The standard InChI is InChI=1S/C18H25F2N3O/c1-18(2,3)23-17(21-13-7-5-4-6-8-13)22-16(24)12-9-10-14(19)15(20)11-12/h9-11,13H,4-8H2,1-3H3,(H2,21,22,23,24). The smallest absolute Gasteiger partial charge is 0.258 e. The van der Waals surface area contributed by atoms with Crippen LogP contribution in [0.25, 0.3) is 0 Å². The second-order valence-corrected chi connectivity index (χ2v) is 7.23. The Kier molecular flexibility index (Phi) is 5.91. The summed E-state index contributed by atoms with van der Waals surface area (Å²) in [5.41, 5.74) is -0.226. The molecule has 0 aliphatic heterocycles. The zero-order chi connectivity index (χ0) is 17.7. The molecule has 0 aromatic heterocycles. The van der Waals surface area contributed by atoms with Crippen LogP contribution in [0.4, 0.5) is 8.78 Å². The Morgan fingerprint density at radius 3 is 2.38 bits per heavy atom. The van der Waals surface area contributed by atoms with E-state index in [4.69, 9.17) is 0 Å². The van der Waals surface area contributed by atoms with Crippen LogP contribution in [-0.4, -0.2) is 23.4 Å². The fourth-order valence-electron chi connectivity index (χ4n) is 2.66. The topological polar surface area (TPSA) is 53.5 Å². The Labute approximate surface area is 141 Å². The molecule has 1 aromatic rings. The number of carbonyl (C=O) groups is 1. The Hall–Kier alpha value is -1.98. The highest BCUT2D eigenvalue weighted by atomic mass is 19.2. The number of benzene rings is 1. The van der Waals surface area contributed by atoms with Crippen LogP contribution in [-0.2, 0) is 0 Å². The first-order valence-corrected chi connectivity index (χ1v) is 8.37. The number of rotatable bonds is 2. The van der Waals surface area contributed by atoms with Crippen molar-refractivity contribution in [3.63, 3.8) is 0 Å². The lowest BCUT2D eigenvalue weighted by Crippen LogP contribution is -2.50. The predicted octanol–water partition coefficient (Wildman–Crippen LogP) is 3.77. The first kappa shape index (κ1) is 18.4. The number of aliphatic imine (C=N–C) groups is 1. The first-order chi connectivity index (χ1) is 11.2. The molecule has 1 saturated carbocycles. The molecule has 0 spiro atoms. The van der Waals surface area contributed by atoms with Crippen molar-refractivity contribution in [2.75, 3.05) is 0 Å². The quantitative estimate of drug-likeness (QED) is 0.637. The maximum absolute atomic E-state index is 13.3. The number of amides is 1. The van der Waals surface area contributed by atoms with E-state index in [9.17, 15) is 13.6 Å². The van der Waals surface area contributed by atoms with Crippen LogP contribution >= 0.6 is 0 Å². The van der Waals surface area contributed by atoms with Crippen molar-refractivity contribution >= 4 is 11.9 Å². The summed E-state index contributed by atoms with van der Waals surface area (Å²) in [6.45, 7) is 5.90. The van der Waals surface area contributed by atoms with Gasteiger partial charge >= 0.3 is 0 Å². The normalized spacial score (nSPS) is 16.8. The van der Waals surface area contributed by atoms with E-state index in [1.165, 1.54) is 12.5 Å². The number of guanidine groups is 1. The lowest BCUT2D eigenvalue weighted by molar-refractivity contribution is 0.0974. The molecule has 0 atom stereocenters. The second kappa shape index (κ2) is 7.73. The summed E-state index contributed by atoms with van der Waals surface area (Å²) < 4.78 is 26.3. The maximum atomic E-state index is 13.3. The van der Waals surface area contributed by atoms with Gasteiger partial charge in [0.15, 0.2) is 17.6 Å². The van der Waals surface area contributed by atoms with Gasteiger partial charge in [-0.2, -0.15) is 0 Å². The van der Waals surface area contributed by atoms with Gasteiger partial charge in [-0.05, 0) is 51.8 Å². The fraction of sp³-hybridized carbons (Fsp3) is 0.556. The van der Waals surface area contributed by atoms with Crippen molar-refractivity contribution in [2.24, 2.45) is 4.99 Å². The van der Waals surface area contributed by atoms with Crippen LogP contribution in [0, 0.1) is 11.6 Å². The summed E-state index contributed by atoms with van der Waals surface area (Å²) in [6, 6.07) is 3.26. The third kappa shape index (κ3) is 5.58.